The Morgan fingerprint density at radius 1 is 0.829 bits per heavy atom. The molecule has 0 fully saturated rings. The molecular formula is C34H46BrN3O3. The third kappa shape index (κ3) is 10.8. The molecular weight excluding hydrogens is 578 g/mol. The summed E-state index contributed by atoms with van der Waals surface area (Å²) in [5.74, 6) is -0.134. The molecule has 0 unspecified atom stereocenters. The number of rotatable bonds is 18. The number of carbonyl (C=O) groups is 2. The van der Waals surface area contributed by atoms with Gasteiger partial charge in [-0.2, -0.15) is 0 Å². The number of halogens is 1. The minimum atomic E-state index is -0.106. The molecule has 0 aliphatic rings. The molecule has 0 spiro atoms. The van der Waals surface area contributed by atoms with Crippen LogP contribution in [0.5, 0.6) is 0 Å². The van der Waals surface area contributed by atoms with Crippen LogP contribution >= 0.6 is 15.9 Å². The number of unbranched alkanes of at least 4 members (excludes halogenated alkanes) is 2. The molecule has 0 N–H and O–H groups in total. The number of amides is 2. The van der Waals surface area contributed by atoms with Crippen molar-refractivity contribution in [1.29, 1.82) is 0 Å². The number of aryl methyl sites for hydroxylation is 1. The van der Waals surface area contributed by atoms with Crippen LogP contribution in [0, 0.1) is 0 Å². The van der Waals surface area contributed by atoms with Gasteiger partial charge in [0.15, 0.2) is 0 Å². The molecule has 0 aliphatic carbocycles. The normalized spacial score (nSPS) is 11.0. The molecule has 0 saturated heterocycles. The fraction of sp³-hybridized carbons (Fsp3) is 0.471. The van der Waals surface area contributed by atoms with Crippen molar-refractivity contribution in [2.24, 2.45) is 0 Å². The Bertz CT molecular complexity index is 1190. The van der Waals surface area contributed by atoms with Crippen LogP contribution in [0.2, 0.25) is 0 Å². The van der Waals surface area contributed by atoms with Gasteiger partial charge < -0.3 is 19.1 Å². The maximum atomic E-state index is 13.8. The summed E-state index contributed by atoms with van der Waals surface area (Å²) >= 11 is 3.50. The molecule has 2 amide bonds. The van der Waals surface area contributed by atoms with Gasteiger partial charge >= 0.3 is 0 Å². The monoisotopic (exact) mass is 623 g/mol. The largest absolute Gasteiger partial charge is 0.382 e. The first-order valence-corrected chi connectivity index (χ1v) is 15.9. The van der Waals surface area contributed by atoms with Crippen LogP contribution in [0.3, 0.4) is 0 Å². The van der Waals surface area contributed by atoms with Crippen LogP contribution in [0.15, 0.2) is 71.3 Å². The molecule has 0 atom stereocenters. The van der Waals surface area contributed by atoms with Gasteiger partial charge in [-0.25, -0.2) is 0 Å². The Hall–Kier alpha value is -2.90. The van der Waals surface area contributed by atoms with Crippen molar-refractivity contribution in [3.05, 3.63) is 93.7 Å². The Morgan fingerprint density at radius 2 is 1.51 bits per heavy atom. The maximum Gasteiger partial charge on any atom is 0.254 e. The number of benzene rings is 2. The van der Waals surface area contributed by atoms with Crippen molar-refractivity contribution < 1.29 is 14.3 Å². The molecule has 0 radical (unpaired) electrons. The summed E-state index contributed by atoms with van der Waals surface area (Å²) < 4.78 is 8.78. The average Bonchev–Trinajstić information content (AvgIpc) is 3.42. The lowest BCUT2D eigenvalue weighted by molar-refractivity contribution is -0.132. The molecule has 7 heteroatoms. The lowest BCUT2D eigenvalue weighted by atomic mass is 10.1. The smallest absolute Gasteiger partial charge is 0.254 e. The fourth-order valence-electron chi connectivity index (χ4n) is 4.77. The zero-order valence-electron chi connectivity index (χ0n) is 25.0. The van der Waals surface area contributed by atoms with Gasteiger partial charge in [0.05, 0.1) is 6.54 Å². The lowest BCUT2D eigenvalue weighted by Gasteiger charge is -2.28. The highest BCUT2D eigenvalue weighted by Crippen LogP contribution is 2.16. The van der Waals surface area contributed by atoms with Gasteiger partial charge in [-0.3, -0.25) is 9.59 Å². The Labute approximate surface area is 254 Å². The summed E-state index contributed by atoms with van der Waals surface area (Å²) in [4.78, 5) is 31.0. The highest BCUT2D eigenvalue weighted by Gasteiger charge is 2.23. The third-order valence-electron chi connectivity index (χ3n) is 7.23. The maximum absolute atomic E-state index is 13.8. The van der Waals surface area contributed by atoms with Crippen LogP contribution in [0.4, 0.5) is 0 Å². The van der Waals surface area contributed by atoms with E-state index in [2.05, 4.69) is 58.7 Å². The molecule has 6 nitrogen and oxygen atoms in total. The van der Waals surface area contributed by atoms with E-state index in [1.807, 2.05) is 54.3 Å². The molecule has 0 bridgehead atoms. The molecule has 2 aromatic carbocycles. The first kappa shape index (κ1) is 32.6. The summed E-state index contributed by atoms with van der Waals surface area (Å²) in [6.45, 7) is 9.91. The van der Waals surface area contributed by atoms with Gasteiger partial charge in [-0.05, 0) is 80.1 Å². The van der Waals surface area contributed by atoms with E-state index in [0.29, 0.717) is 44.8 Å². The van der Waals surface area contributed by atoms with Crippen molar-refractivity contribution in [2.45, 2.75) is 72.4 Å². The topological polar surface area (TPSA) is 54.8 Å². The summed E-state index contributed by atoms with van der Waals surface area (Å²) in [6, 6.07) is 20.3. The van der Waals surface area contributed by atoms with E-state index in [0.717, 1.165) is 48.8 Å². The number of carbonyl (C=O) groups excluding carboxylic acids is 2. The Balaban J connectivity index is 1.74. The third-order valence-corrected chi connectivity index (χ3v) is 7.76. The van der Waals surface area contributed by atoms with Gasteiger partial charge in [-0.1, -0.05) is 66.9 Å². The van der Waals surface area contributed by atoms with E-state index in [1.54, 1.807) is 4.90 Å². The molecule has 222 valence electrons. The second kappa shape index (κ2) is 17.8. The zero-order valence-corrected chi connectivity index (χ0v) is 26.6. The highest BCUT2D eigenvalue weighted by atomic mass is 79.9. The predicted molar refractivity (Wildman–Crippen MR) is 170 cm³/mol. The van der Waals surface area contributed by atoms with Crippen LogP contribution in [-0.2, 0) is 29.0 Å². The fourth-order valence-corrected chi connectivity index (χ4v) is 5.03. The van der Waals surface area contributed by atoms with Gasteiger partial charge in [0.1, 0.15) is 6.54 Å². The summed E-state index contributed by atoms with van der Waals surface area (Å²) in [5.41, 5.74) is 4.13. The van der Waals surface area contributed by atoms with Crippen molar-refractivity contribution >= 4 is 27.7 Å². The number of nitrogens with zero attached hydrogens (tertiary/aromatic N) is 3. The van der Waals surface area contributed by atoms with Gasteiger partial charge in [0.2, 0.25) is 5.91 Å². The summed E-state index contributed by atoms with van der Waals surface area (Å²) in [7, 11) is 0. The second-order valence-corrected chi connectivity index (χ2v) is 11.4. The van der Waals surface area contributed by atoms with Gasteiger partial charge in [-0.15, -0.1) is 0 Å². The minimum absolute atomic E-state index is 0.0285. The Kier molecular flexibility index (Phi) is 14.2. The van der Waals surface area contributed by atoms with Crippen molar-refractivity contribution in [2.75, 3.05) is 32.8 Å². The van der Waals surface area contributed by atoms with Gasteiger partial charge in [0.25, 0.3) is 5.91 Å². The number of ether oxygens (including phenoxy) is 1. The first-order valence-electron chi connectivity index (χ1n) is 15.1. The van der Waals surface area contributed by atoms with E-state index in [4.69, 9.17) is 4.74 Å². The number of hydrogen-bond acceptors (Lipinski definition) is 3. The molecule has 41 heavy (non-hydrogen) atoms. The molecule has 1 heterocycles. The molecule has 0 saturated carbocycles. The van der Waals surface area contributed by atoms with Crippen LogP contribution in [0.25, 0.3) is 0 Å². The van der Waals surface area contributed by atoms with Crippen molar-refractivity contribution in [3.8, 4) is 0 Å². The van der Waals surface area contributed by atoms with E-state index in [1.165, 1.54) is 11.1 Å². The van der Waals surface area contributed by atoms with E-state index >= 15 is 0 Å². The van der Waals surface area contributed by atoms with Crippen LogP contribution in [-0.4, -0.2) is 59.0 Å². The number of hydrogen-bond donors (Lipinski definition) is 0. The van der Waals surface area contributed by atoms with Crippen molar-refractivity contribution in [3.63, 3.8) is 0 Å². The highest BCUT2D eigenvalue weighted by molar-refractivity contribution is 9.10. The molecule has 3 aromatic rings. The minimum Gasteiger partial charge on any atom is -0.382 e. The predicted octanol–water partition coefficient (Wildman–Crippen LogP) is 7.34. The lowest BCUT2D eigenvalue weighted by Crippen LogP contribution is -2.44. The molecule has 0 aliphatic heterocycles. The zero-order chi connectivity index (χ0) is 29.5. The quantitative estimate of drug-likeness (QED) is 0.139. The number of aromatic nitrogens is 1. The van der Waals surface area contributed by atoms with E-state index in [-0.39, 0.29) is 18.4 Å². The molecule has 1 aromatic heterocycles. The SMILES string of the molecule is CCCCc1ccc(C(=O)N(CCCOCC)CC(=O)N(CCCC)Cc2cccn2Cc2ccc(Br)cc2)cc1. The average molecular weight is 625 g/mol. The Morgan fingerprint density at radius 3 is 2.20 bits per heavy atom. The van der Waals surface area contributed by atoms with Crippen LogP contribution < -0.4 is 0 Å². The van der Waals surface area contributed by atoms with Crippen molar-refractivity contribution in [1.82, 2.24) is 14.4 Å². The second-order valence-electron chi connectivity index (χ2n) is 10.5. The standard InChI is InChI=1S/C34H46BrN3O3/c1-4-7-11-28-13-17-30(18-14-28)34(40)38(23-10-24-41-6-3)27-33(39)37(21-8-5-2)26-32-12-9-22-36(32)25-29-15-19-31(35)20-16-29/h9,12-20,22H,4-8,10-11,21,23-27H2,1-3H3. The van der Waals surface area contributed by atoms with Crippen LogP contribution in [0.1, 0.15) is 80.1 Å². The molecule has 3 rings (SSSR count). The van der Waals surface area contributed by atoms with E-state index in [9.17, 15) is 9.59 Å². The first-order chi connectivity index (χ1) is 19.9. The van der Waals surface area contributed by atoms with Gasteiger partial charge in [0, 0.05) is 54.8 Å². The summed E-state index contributed by atoms with van der Waals surface area (Å²) in [6.07, 6.45) is 7.94. The van der Waals surface area contributed by atoms with E-state index < -0.39 is 0 Å². The summed E-state index contributed by atoms with van der Waals surface area (Å²) in [5, 5.41) is 0.